The minimum absolute atomic E-state index is 0.839. The number of hydrogen-bond acceptors (Lipinski definition) is 4. The van der Waals surface area contributed by atoms with E-state index in [0.29, 0.717) is 0 Å². The van der Waals surface area contributed by atoms with Crippen LogP contribution in [0.4, 0.5) is 5.82 Å². The summed E-state index contributed by atoms with van der Waals surface area (Å²) in [6.07, 6.45) is 0.839. The molecule has 100 valence electrons. The molecule has 0 bridgehead atoms. The van der Waals surface area contributed by atoms with Crippen molar-refractivity contribution in [3.8, 4) is 0 Å². The third-order valence-electron chi connectivity index (χ3n) is 2.44. The standard InChI is InChI=1S/C14H16BrN3S/c1-3-12-17-13(16-4-2)9-14(18-12)19-11-7-5-6-10(15)8-11/h5-9H,3-4H2,1-2H3,(H,16,17,18). The highest BCUT2D eigenvalue weighted by Crippen LogP contribution is 2.29. The fourth-order valence-corrected chi connectivity index (χ4v) is 3.05. The third kappa shape index (κ3) is 4.21. The first kappa shape index (κ1) is 14.3. The lowest BCUT2D eigenvalue weighted by Gasteiger charge is -2.08. The first-order chi connectivity index (χ1) is 9.21. The number of nitrogens with one attached hydrogen (secondary N) is 1. The zero-order chi connectivity index (χ0) is 13.7. The molecule has 1 aromatic carbocycles. The van der Waals surface area contributed by atoms with Crippen molar-refractivity contribution >= 4 is 33.5 Å². The van der Waals surface area contributed by atoms with E-state index in [2.05, 4.69) is 57.2 Å². The summed E-state index contributed by atoms with van der Waals surface area (Å²) >= 11 is 5.13. The summed E-state index contributed by atoms with van der Waals surface area (Å²) in [5.41, 5.74) is 0. The Hall–Kier alpha value is -1.07. The zero-order valence-corrected chi connectivity index (χ0v) is 13.4. The Labute approximate surface area is 126 Å². The second kappa shape index (κ2) is 6.91. The number of aromatic nitrogens is 2. The van der Waals surface area contributed by atoms with Crippen molar-refractivity contribution in [3.63, 3.8) is 0 Å². The van der Waals surface area contributed by atoms with Crippen LogP contribution in [0.1, 0.15) is 19.7 Å². The first-order valence-corrected chi connectivity index (χ1v) is 7.87. The van der Waals surface area contributed by atoms with Gasteiger partial charge >= 0.3 is 0 Å². The quantitative estimate of drug-likeness (QED) is 0.821. The van der Waals surface area contributed by atoms with Crippen molar-refractivity contribution < 1.29 is 0 Å². The average molecular weight is 338 g/mol. The van der Waals surface area contributed by atoms with E-state index in [1.165, 1.54) is 0 Å². The van der Waals surface area contributed by atoms with Crippen molar-refractivity contribution in [2.75, 3.05) is 11.9 Å². The van der Waals surface area contributed by atoms with E-state index in [4.69, 9.17) is 0 Å². The molecule has 0 fully saturated rings. The van der Waals surface area contributed by atoms with Gasteiger partial charge in [0.15, 0.2) is 0 Å². The zero-order valence-electron chi connectivity index (χ0n) is 11.0. The molecule has 0 aliphatic rings. The van der Waals surface area contributed by atoms with Crippen LogP contribution in [0.25, 0.3) is 0 Å². The van der Waals surface area contributed by atoms with Crippen LogP contribution in [0.3, 0.4) is 0 Å². The summed E-state index contributed by atoms with van der Waals surface area (Å²) in [4.78, 5) is 10.2. The van der Waals surface area contributed by atoms with E-state index >= 15 is 0 Å². The number of nitrogens with zero attached hydrogens (tertiary/aromatic N) is 2. The predicted octanol–water partition coefficient (Wildman–Crippen LogP) is 4.38. The molecule has 2 aromatic rings. The highest BCUT2D eigenvalue weighted by atomic mass is 79.9. The molecule has 0 saturated carbocycles. The van der Waals surface area contributed by atoms with Crippen LogP contribution in [-0.4, -0.2) is 16.5 Å². The van der Waals surface area contributed by atoms with Gasteiger partial charge in [-0.15, -0.1) is 0 Å². The molecule has 0 aliphatic heterocycles. The molecule has 1 N–H and O–H groups in total. The number of anilines is 1. The van der Waals surface area contributed by atoms with Crippen LogP contribution >= 0.6 is 27.7 Å². The third-order valence-corrected chi connectivity index (χ3v) is 3.84. The molecular weight excluding hydrogens is 322 g/mol. The summed E-state index contributed by atoms with van der Waals surface area (Å²) in [7, 11) is 0. The van der Waals surface area contributed by atoms with Gasteiger partial charge in [-0.3, -0.25) is 0 Å². The molecular formula is C14H16BrN3S. The van der Waals surface area contributed by atoms with Crippen LogP contribution in [0.15, 0.2) is 44.7 Å². The predicted molar refractivity (Wildman–Crippen MR) is 83.8 cm³/mol. The largest absolute Gasteiger partial charge is 0.370 e. The second-order valence-corrected chi connectivity index (χ2v) is 5.96. The van der Waals surface area contributed by atoms with Crippen LogP contribution in [0, 0.1) is 0 Å². The van der Waals surface area contributed by atoms with E-state index in [0.717, 1.165) is 39.0 Å². The van der Waals surface area contributed by atoms with Gasteiger partial charge in [0.1, 0.15) is 16.7 Å². The Bertz CT molecular complexity index is 560. The molecule has 19 heavy (non-hydrogen) atoms. The van der Waals surface area contributed by atoms with Gasteiger partial charge in [0.05, 0.1) is 0 Å². The van der Waals surface area contributed by atoms with Gasteiger partial charge < -0.3 is 5.32 Å². The monoisotopic (exact) mass is 337 g/mol. The van der Waals surface area contributed by atoms with Crippen molar-refractivity contribution in [1.82, 2.24) is 9.97 Å². The molecule has 0 spiro atoms. The Morgan fingerprint density at radius 2 is 2.05 bits per heavy atom. The Morgan fingerprint density at radius 1 is 1.21 bits per heavy atom. The highest BCUT2D eigenvalue weighted by molar-refractivity contribution is 9.10. The number of benzene rings is 1. The minimum Gasteiger partial charge on any atom is -0.370 e. The van der Waals surface area contributed by atoms with Gasteiger partial charge in [-0.25, -0.2) is 9.97 Å². The fraction of sp³-hybridized carbons (Fsp3) is 0.286. The normalized spacial score (nSPS) is 10.5. The molecule has 0 aliphatic carbocycles. The smallest absolute Gasteiger partial charge is 0.131 e. The van der Waals surface area contributed by atoms with E-state index in [9.17, 15) is 0 Å². The first-order valence-electron chi connectivity index (χ1n) is 6.26. The van der Waals surface area contributed by atoms with Gasteiger partial charge in [0.25, 0.3) is 0 Å². The van der Waals surface area contributed by atoms with Crippen molar-refractivity contribution in [1.29, 1.82) is 0 Å². The molecule has 3 nitrogen and oxygen atoms in total. The summed E-state index contributed by atoms with van der Waals surface area (Å²) in [6, 6.07) is 10.2. The van der Waals surface area contributed by atoms with Gasteiger partial charge in [0, 0.05) is 28.4 Å². The van der Waals surface area contributed by atoms with E-state index in [1.54, 1.807) is 11.8 Å². The summed E-state index contributed by atoms with van der Waals surface area (Å²) < 4.78 is 1.08. The van der Waals surface area contributed by atoms with Gasteiger partial charge in [0.2, 0.25) is 0 Å². The molecule has 2 rings (SSSR count). The minimum atomic E-state index is 0.839. The van der Waals surface area contributed by atoms with Gasteiger partial charge in [-0.05, 0) is 25.1 Å². The van der Waals surface area contributed by atoms with Gasteiger partial charge in [-0.2, -0.15) is 0 Å². The number of aryl methyl sites for hydroxylation is 1. The maximum Gasteiger partial charge on any atom is 0.131 e. The molecule has 1 heterocycles. The molecule has 0 unspecified atom stereocenters. The van der Waals surface area contributed by atoms with E-state index in [1.807, 2.05) is 18.2 Å². The lowest BCUT2D eigenvalue weighted by atomic mass is 10.4. The lowest BCUT2D eigenvalue weighted by Crippen LogP contribution is -2.03. The number of halogens is 1. The maximum atomic E-state index is 4.56. The molecule has 5 heteroatoms. The fourth-order valence-electron chi connectivity index (χ4n) is 1.61. The molecule has 0 radical (unpaired) electrons. The van der Waals surface area contributed by atoms with E-state index < -0.39 is 0 Å². The van der Waals surface area contributed by atoms with Crippen molar-refractivity contribution in [3.05, 3.63) is 40.6 Å². The van der Waals surface area contributed by atoms with Crippen molar-refractivity contribution in [2.24, 2.45) is 0 Å². The number of rotatable bonds is 5. The van der Waals surface area contributed by atoms with Crippen LogP contribution in [0.5, 0.6) is 0 Å². The van der Waals surface area contributed by atoms with Gasteiger partial charge in [-0.1, -0.05) is 40.7 Å². The van der Waals surface area contributed by atoms with Crippen LogP contribution in [0.2, 0.25) is 0 Å². The molecule has 0 saturated heterocycles. The maximum absolute atomic E-state index is 4.56. The van der Waals surface area contributed by atoms with Crippen LogP contribution in [-0.2, 0) is 6.42 Å². The molecule has 0 atom stereocenters. The Kier molecular flexibility index (Phi) is 5.22. The second-order valence-electron chi connectivity index (χ2n) is 3.95. The van der Waals surface area contributed by atoms with E-state index in [-0.39, 0.29) is 0 Å². The average Bonchev–Trinajstić information content (AvgIpc) is 2.39. The van der Waals surface area contributed by atoms with Crippen LogP contribution < -0.4 is 5.32 Å². The lowest BCUT2D eigenvalue weighted by molar-refractivity contribution is 0.887. The Balaban J connectivity index is 2.26. The number of hydrogen-bond donors (Lipinski definition) is 1. The molecule has 1 aromatic heterocycles. The summed E-state index contributed by atoms with van der Waals surface area (Å²) in [5, 5.41) is 4.22. The SMILES string of the molecule is CCNc1cc(Sc2cccc(Br)c2)nc(CC)n1. The molecule has 0 amide bonds. The van der Waals surface area contributed by atoms with Crippen molar-refractivity contribution in [2.45, 2.75) is 30.2 Å². The highest BCUT2D eigenvalue weighted by Gasteiger charge is 2.05. The summed E-state index contributed by atoms with van der Waals surface area (Å²) in [5.74, 6) is 1.77. The summed E-state index contributed by atoms with van der Waals surface area (Å²) in [6.45, 7) is 4.99. The topological polar surface area (TPSA) is 37.8 Å². The Morgan fingerprint density at radius 3 is 2.74 bits per heavy atom.